The van der Waals surface area contributed by atoms with E-state index in [1.54, 1.807) is 48.5 Å². The Labute approximate surface area is 262 Å². The van der Waals surface area contributed by atoms with Gasteiger partial charge in [0, 0.05) is 46.4 Å². The Kier molecular flexibility index (Phi) is 9.34. The summed E-state index contributed by atoms with van der Waals surface area (Å²) in [5.74, 6) is 9.35. The molecule has 13 heteroatoms. The number of anilines is 1. The lowest BCUT2D eigenvalue weighted by Gasteiger charge is -2.33. The topological polar surface area (TPSA) is 194 Å². The molecule has 1 atom stereocenters. The number of nitrogens with zero attached hydrogens (tertiary/aromatic N) is 3. The minimum Gasteiger partial charge on any atom is -0.480 e. The fraction of sp³-hybridized carbons (Fsp3) is 0.188. The molecule has 0 bridgehead atoms. The number of aliphatic carboxylic acids is 1. The summed E-state index contributed by atoms with van der Waals surface area (Å²) in [6.07, 6.45) is 3.36. The lowest BCUT2D eigenvalue weighted by Crippen LogP contribution is -2.47. The molecule has 7 N–H and O–H groups in total. The maximum Gasteiger partial charge on any atom is 0.326 e. The predicted molar refractivity (Wildman–Crippen MR) is 168 cm³/mol. The number of hydrogen-bond donors (Lipinski definition) is 5. The van der Waals surface area contributed by atoms with E-state index in [0.717, 1.165) is 12.8 Å². The lowest BCUT2D eigenvalue weighted by molar-refractivity contribution is -0.143. The van der Waals surface area contributed by atoms with Crippen molar-refractivity contribution >= 4 is 52.0 Å². The van der Waals surface area contributed by atoms with Gasteiger partial charge in [0.05, 0.1) is 28.3 Å². The number of carboxylic acid groups (broad SMARTS) is 1. The number of pyridine rings is 2. The van der Waals surface area contributed by atoms with Gasteiger partial charge in [-0.3, -0.25) is 19.8 Å². The van der Waals surface area contributed by atoms with E-state index >= 15 is 0 Å². The zero-order valence-electron chi connectivity index (χ0n) is 23.8. The number of likely N-dealkylation sites (tertiary alicyclic amines) is 1. The summed E-state index contributed by atoms with van der Waals surface area (Å²) in [6, 6.07) is 14.2. The Morgan fingerprint density at radius 1 is 1.04 bits per heavy atom. The van der Waals surface area contributed by atoms with Crippen molar-refractivity contribution in [3.05, 3.63) is 88.1 Å². The van der Waals surface area contributed by atoms with Crippen LogP contribution in [0.4, 0.5) is 5.82 Å². The summed E-state index contributed by atoms with van der Waals surface area (Å²) < 4.78 is 0. The molecule has 0 saturated carbocycles. The smallest absolute Gasteiger partial charge is 0.326 e. The van der Waals surface area contributed by atoms with Crippen molar-refractivity contribution in [2.45, 2.75) is 25.3 Å². The Morgan fingerprint density at radius 2 is 1.82 bits per heavy atom. The van der Waals surface area contributed by atoms with E-state index in [1.807, 2.05) is 0 Å². The van der Waals surface area contributed by atoms with Crippen molar-refractivity contribution in [3.63, 3.8) is 0 Å². The number of carbonyl (C=O) groups is 4. The number of amides is 3. The first kappa shape index (κ1) is 31.1. The first-order chi connectivity index (χ1) is 21.7. The summed E-state index contributed by atoms with van der Waals surface area (Å²) in [5.41, 5.74) is 10.8. The molecule has 1 aliphatic heterocycles. The molecule has 1 aliphatic rings. The largest absolute Gasteiger partial charge is 0.480 e. The van der Waals surface area contributed by atoms with Crippen molar-refractivity contribution in [3.8, 4) is 23.1 Å². The number of rotatable bonds is 6. The molecule has 0 aliphatic carbocycles. The van der Waals surface area contributed by atoms with Gasteiger partial charge >= 0.3 is 5.97 Å². The molecule has 3 amide bonds. The molecule has 1 fully saturated rings. The molecule has 1 saturated heterocycles. The van der Waals surface area contributed by atoms with E-state index in [2.05, 4.69) is 32.6 Å². The lowest BCUT2D eigenvalue weighted by atomic mass is 10.0. The fourth-order valence-electron chi connectivity index (χ4n) is 5.01. The average Bonchev–Trinajstić information content (AvgIpc) is 3.06. The summed E-state index contributed by atoms with van der Waals surface area (Å²) >= 11 is 6.46. The second kappa shape index (κ2) is 13.5. The molecule has 4 aromatic rings. The predicted octanol–water partition coefficient (Wildman–Crippen LogP) is 2.93. The van der Waals surface area contributed by atoms with Crippen LogP contribution in [-0.2, 0) is 9.59 Å². The minimum atomic E-state index is -1.01. The molecular formula is C32H28ClN7O5. The third-order valence-corrected chi connectivity index (χ3v) is 7.62. The number of nitrogens with one attached hydrogen (secondary N) is 2. The SMILES string of the molecule is NCC(=O)Nc1cc2nc(-c3ccc(C#Cc4ccc(C(=O)N5CCCC[C@H]5C(=O)O)cc4Cl)cc3)cc(C(=O)NN)c2cn1. The first-order valence-corrected chi connectivity index (χ1v) is 14.3. The van der Waals surface area contributed by atoms with Crippen molar-refractivity contribution in [1.29, 1.82) is 0 Å². The van der Waals surface area contributed by atoms with E-state index in [0.29, 0.717) is 51.8 Å². The highest BCUT2D eigenvalue weighted by Gasteiger charge is 2.32. The molecule has 0 radical (unpaired) electrons. The Hall–Kier alpha value is -5.35. The van der Waals surface area contributed by atoms with Crippen LogP contribution in [0.15, 0.2) is 60.8 Å². The normalized spacial score (nSPS) is 14.3. The third kappa shape index (κ3) is 6.91. The van der Waals surface area contributed by atoms with Crippen LogP contribution >= 0.6 is 11.6 Å². The highest BCUT2D eigenvalue weighted by molar-refractivity contribution is 6.32. The fourth-order valence-corrected chi connectivity index (χ4v) is 5.24. The van der Waals surface area contributed by atoms with Gasteiger partial charge < -0.3 is 21.1 Å². The van der Waals surface area contributed by atoms with Gasteiger partial charge in [0.1, 0.15) is 11.9 Å². The summed E-state index contributed by atoms with van der Waals surface area (Å²) in [6.45, 7) is 0.167. The zero-order valence-corrected chi connectivity index (χ0v) is 24.6. The maximum absolute atomic E-state index is 13.0. The number of hydrogen-bond acceptors (Lipinski definition) is 8. The molecule has 0 unspecified atom stereocenters. The minimum absolute atomic E-state index is 0.214. The number of hydrazine groups is 1. The van der Waals surface area contributed by atoms with Gasteiger partial charge in [-0.05, 0) is 55.7 Å². The number of halogens is 1. The van der Waals surface area contributed by atoms with Gasteiger partial charge in [0.15, 0.2) is 0 Å². The Bertz CT molecular complexity index is 1890. The van der Waals surface area contributed by atoms with E-state index in [4.69, 9.17) is 23.2 Å². The molecule has 2 aromatic carbocycles. The molecule has 5 rings (SSSR count). The van der Waals surface area contributed by atoms with Gasteiger partial charge in [-0.1, -0.05) is 35.6 Å². The molecule has 2 aromatic heterocycles. The average molecular weight is 626 g/mol. The second-order valence-electron chi connectivity index (χ2n) is 10.2. The van der Waals surface area contributed by atoms with Crippen LogP contribution in [0.3, 0.4) is 0 Å². The van der Waals surface area contributed by atoms with Gasteiger partial charge in [-0.2, -0.15) is 0 Å². The van der Waals surface area contributed by atoms with E-state index in [1.165, 1.54) is 17.2 Å². The summed E-state index contributed by atoms with van der Waals surface area (Å²) in [7, 11) is 0. The van der Waals surface area contributed by atoms with Crippen LogP contribution in [0.5, 0.6) is 0 Å². The van der Waals surface area contributed by atoms with Crippen molar-refractivity contribution in [2.75, 3.05) is 18.4 Å². The van der Waals surface area contributed by atoms with Crippen LogP contribution in [0, 0.1) is 11.8 Å². The number of aromatic nitrogens is 2. The third-order valence-electron chi connectivity index (χ3n) is 7.31. The maximum atomic E-state index is 13.0. The van der Waals surface area contributed by atoms with E-state index < -0.39 is 23.8 Å². The van der Waals surface area contributed by atoms with Crippen LogP contribution in [0.2, 0.25) is 5.02 Å². The summed E-state index contributed by atoms with van der Waals surface area (Å²) in [4.78, 5) is 59.1. The number of benzene rings is 2. The quantitative estimate of drug-likeness (QED) is 0.0926. The van der Waals surface area contributed by atoms with Crippen LogP contribution < -0.4 is 22.3 Å². The Balaban J connectivity index is 1.38. The van der Waals surface area contributed by atoms with Gasteiger partial charge in [0.2, 0.25) is 5.91 Å². The molecular weight excluding hydrogens is 598 g/mol. The monoisotopic (exact) mass is 625 g/mol. The molecule has 45 heavy (non-hydrogen) atoms. The standard InChI is InChI=1S/C32H28ClN7O5/c33-24-13-21(31(43)40-12-2-1-3-27(40)32(44)45)11-10-19(24)7-4-18-5-8-20(9-6-18)25-14-22(30(42)39-35)23-17-36-28(15-26(23)37-25)38-29(41)16-34/h5-6,8-11,13-15,17,27H,1-3,12,16,34-35H2,(H,39,42)(H,44,45)(H,36,38,41)/t27-/m0/s1. The van der Waals surface area contributed by atoms with Crippen molar-refractivity contribution < 1.29 is 24.3 Å². The number of fused-ring (bicyclic) bond motifs is 1. The molecule has 228 valence electrons. The number of carboxylic acids is 1. The number of carbonyl (C=O) groups excluding carboxylic acids is 3. The molecule has 12 nitrogen and oxygen atoms in total. The van der Waals surface area contributed by atoms with Gasteiger partial charge in [0.25, 0.3) is 11.8 Å². The van der Waals surface area contributed by atoms with Crippen LogP contribution in [0.1, 0.15) is 51.1 Å². The van der Waals surface area contributed by atoms with Crippen molar-refractivity contribution in [1.82, 2.24) is 20.3 Å². The zero-order chi connectivity index (χ0) is 32.1. The van der Waals surface area contributed by atoms with Crippen LogP contribution in [-0.4, -0.2) is 62.8 Å². The van der Waals surface area contributed by atoms with E-state index in [9.17, 15) is 24.3 Å². The second-order valence-corrected chi connectivity index (χ2v) is 10.6. The number of nitrogen functional groups attached to an aromatic ring is 1. The van der Waals surface area contributed by atoms with Crippen LogP contribution in [0.25, 0.3) is 22.2 Å². The summed E-state index contributed by atoms with van der Waals surface area (Å²) in [5, 5.41) is 12.8. The first-order valence-electron chi connectivity index (χ1n) is 14.0. The van der Waals surface area contributed by atoms with E-state index in [-0.39, 0.29) is 28.9 Å². The van der Waals surface area contributed by atoms with Gasteiger partial charge in [-0.25, -0.2) is 20.6 Å². The molecule has 0 spiro atoms. The molecule has 3 heterocycles. The number of nitrogens with two attached hydrogens (primary N) is 2. The highest BCUT2D eigenvalue weighted by Crippen LogP contribution is 2.27. The highest BCUT2D eigenvalue weighted by atomic mass is 35.5. The Morgan fingerprint density at radius 3 is 2.51 bits per heavy atom. The number of piperidine rings is 1. The van der Waals surface area contributed by atoms with Crippen molar-refractivity contribution in [2.24, 2.45) is 11.6 Å². The van der Waals surface area contributed by atoms with Gasteiger partial charge in [-0.15, -0.1) is 0 Å².